The molecule has 0 unspecified atom stereocenters. The van der Waals surface area contributed by atoms with Crippen LogP contribution in [-0.2, 0) is 9.53 Å². The quantitative estimate of drug-likeness (QED) is 0.658. The summed E-state index contributed by atoms with van der Waals surface area (Å²) in [5, 5.41) is 7.91. The van der Waals surface area contributed by atoms with Gasteiger partial charge in [-0.1, -0.05) is 6.07 Å². The van der Waals surface area contributed by atoms with Crippen LogP contribution in [0.3, 0.4) is 0 Å². The SMILES string of the molecule is O=C(/C=C/c1cccs1)NC(=S)NC[C@@H]1CCCO1. The second kappa shape index (κ2) is 7.37. The van der Waals surface area contributed by atoms with Crippen LogP contribution in [0.1, 0.15) is 17.7 Å². The van der Waals surface area contributed by atoms with E-state index in [9.17, 15) is 4.79 Å². The minimum Gasteiger partial charge on any atom is -0.376 e. The smallest absolute Gasteiger partial charge is 0.250 e. The summed E-state index contributed by atoms with van der Waals surface area (Å²) in [5.74, 6) is -0.224. The summed E-state index contributed by atoms with van der Waals surface area (Å²) in [6, 6.07) is 3.89. The third-order valence-corrected chi connectivity index (χ3v) is 3.78. The monoisotopic (exact) mass is 296 g/mol. The summed E-state index contributed by atoms with van der Waals surface area (Å²) in [7, 11) is 0. The maximum Gasteiger partial charge on any atom is 0.250 e. The van der Waals surface area contributed by atoms with E-state index in [2.05, 4.69) is 10.6 Å². The lowest BCUT2D eigenvalue weighted by atomic mass is 10.2. The fourth-order valence-corrected chi connectivity index (χ4v) is 2.56. The summed E-state index contributed by atoms with van der Waals surface area (Å²) in [6.45, 7) is 1.46. The number of amides is 1. The zero-order valence-electron chi connectivity index (χ0n) is 10.4. The van der Waals surface area contributed by atoms with Gasteiger partial charge in [0.05, 0.1) is 6.10 Å². The molecule has 1 aromatic heterocycles. The number of carbonyl (C=O) groups excluding carboxylic acids is 1. The minimum absolute atomic E-state index is 0.205. The van der Waals surface area contributed by atoms with Crippen molar-refractivity contribution in [2.45, 2.75) is 18.9 Å². The van der Waals surface area contributed by atoms with Crippen molar-refractivity contribution in [2.24, 2.45) is 0 Å². The Labute approximate surface area is 121 Å². The van der Waals surface area contributed by atoms with E-state index in [4.69, 9.17) is 17.0 Å². The summed E-state index contributed by atoms with van der Waals surface area (Å²) < 4.78 is 5.46. The number of carbonyl (C=O) groups is 1. The number of rotatable bonds is 4. The van der Waals surface area contributed by atoms with Gasteiger partial charge in [-0.2, -0.15) is 0 Å². The van der Waals surface area contributed by atoms with Crippen molar-refractivity contribution in [1.82, 2.24) is 10.6 Å². The van der Waals surface area contributed by atoms with E-state index in [0.717, 1.165) is 24.3 Å². The van der Waals surface area contributed by atoms with Crippen LogP contribution in [0.2, 0.25) is 0 Å². The molecule has 0 spiro atoms. The molecule has 2 heterocycles. The van der Waals surface area contributed by atoms with Crippen LogP contribution in [-0.4, -0.2) is 30.3 Å². The van der Waals surface area contributed by atoms with Gasteiger partial charge in [0, 0.05) is 24.1 Å². The Morgan fingerprint density at radius 2 is 2.53 bits per heavy atom. The Kier molecular flexibility index (Phi) is 5.50. The molecule has 4 nitrogen and oxygen atoms in total. The topological polar surface area (TPSA) is 50.4 Å². The van der Waals surface area contributed by atoms with Crippen molar-refractivity contribution in [3.63, 3.8) is 0 Å². The van der Waals surface area contributed by atoms with Gasteiger partial charge in [0.15, 0.2) is 5.11 Å². The van der Waals surface area contributed by atoms with Crippen molar-refractivity contribution in [2.75, 3.05) is 13.2 Å². The molecule has 1 amide bonds. The normalized spacial score (nSPS) is 18.6. The van der Waals surface area contributed by atoms with Crippen LogP contribution in [0.4, 0.5) is 0 Å². The zero-order valence-corrected chi connectivity index (χ0v) is 12.1. The summed E-state index contributed by atoms with van der Waals surface area (Å²) >= 11 is 6.63. The van der Waals surface area contributed by atoms with E-state index in [-0.39, 0.29) is 12.0 Å². The molecule has 1 fully saturated rings. The third kappa shape index (κ3) is 5.10. The molecule has 0 bridgehead atoms. The maximum absolute atomic E-state index is 11.6. The molecule has 0 radical (unpaired) electrons. The van der Waals surface area contributed by atoms with Crippen LogP contribution in [0.5, 0.6) is 0 Å². The number of hydrogen-bond acceptors (Lipinski definition) is 4. The molecule has 1 atom stereocenters. The van der Waals surface area contributed by atoms with Crippen LogP contribution >= 0.6 is 23.6 Å². The van der Waals surface area contributed by atoms with Crippen molar-refractivity contribution in [1.29, 1.82) is 0 Å². The van der Waals surface area contributed by atoms with Crippen molar-refractivity contribution in [3.8, 4) is 0 Å². The highest BCUT2D eigenvalue weighted by Crippen LogP contribution is 2.10. The lowest BCUT2D eigenvalue weighted by molar-refractivity contribution is -0.115. The molecular weight excluding hydrogens is 280 g/mol. The van der Waals surface area contributed by atoms with Gasteiger partial charge in [-0.3, -0.25) is 10.1 Å². The van der Waals surface area contributed by atoms with E-state index in [1.54, 1.807) is 17.4 Å². The van der Waals surface area contributed by atoms with Gasteiger partial charge in [0.1, 0.15) is 0 Å². The zero-order chi connectivity index (χ0) is 13.5. The first-order chi connectivity index (χ1) is 9.24. The van der Waals surface area contributed by atoms with E-state index < -0.39 is 0 Å². The number of thiophene rings is 1. The number of nitrogens with one attached hydrogen (secondary N) is 2. The second-order valence-electron chi connectivity index (χ2n) is 4.18. The highest BCUT2D eigenvalue weighted by molar-refractivity contribution is 7.80. The van der Waals surface area contributed by atoms with Gasteiger partial charge < -0.3 is 10.1 Å². The van der Waals surface area contributed by atoms with E-state index in [0.29, 0.717) is 11.7 Å². The Balaban J connectivity index is 1.68. The highest BCUT2D eigenvalue weighted by atomic mass is 32.1. The van der Waals surface area contributed by atoms with E-state index >= 15 is 0 Å². The molecule has 1 saturated heterocycles. The van der Waals surface area contributed by atoms with Gasteiger partial charge in [-0.05, 0) is 42.6 Å². The van der Waals surface area contributed by atoms with Gasteiger partial charge in [-0.15, -0.1) is 11.3 Å². The standard InChI is InChI=1S/C13H16N2O2S2/c16-12(6-5-11-4-2-8-19-11)15-13(18)14-9-10-3-1-7-17-10/h2,4-6,8,10H,1,3,7,9H2,(H2,14,15,16,18)/b6-5+/t10-/m0/s1. The molecule has 1 aliphatic heterocycles. The first kappa shape index (κ1) is 14.2. The molecule has 0 aromatic carbocycles. The Morgan fingerprint density at radius 1 is 1.63 bits per heavy atom. The van der Waals surface area contributed by atoms with Crippen molar-refractivity contribution >= 4 is 40.7 Å². The Morgan fingerprint density at radius 3 is 3.21 bits per heavy atom. The molecule has 0 saturated carbocycles. The minimum atomic E-state index is -0.224. The van der Waals surface area contributed by atoms with E-state index in [1.807, 2.05) is 17.5 Å². The number of ether oxygens (including phenoxy) is 1. The molecule has 2 N–H and O–H groups in total. The third-order valence-electron chi connectivity index (χ3n) is 2.69. The van der Waals surface area contributed by atoms with Gasteiger partial charge >= 0.3 is 0 Å². The van der Waals surface area contributed by atoms with Crippen molar-refractivity contribution < 1.29 is 9.53 Å². The highest BCUT2D eigenvalue weighted by Gasteiger charge is 2.15. The Hall–Kier alpha value is -1.24. The first-order valence-electron chi connectivity index (χ1n) is 6.16. The van der Waals surface area contributed by atoms with Gasteiger partial charge in [0.2, 0.25) is 5.91 Å². The number of hydrogen-bond donors (Lipinski definition) is 2. The summed E-state index contributed by atoms with van der Waals surface area (Å²) in [4.78, 5) is 12.6. The molecule has 2 rings (SSSR count). The van der Waals surface area contributed by atoms with Crippen LogP contribution in [0.15, 0.2) is 23.6 Å². The first-order valence-corrected chi connectivity index (χ1v) is 7.45. The van der Waals surface area contributed by atoms with Crippen LogP contribution in [0, 0.1) is 0 Å². The van der Waals surface area contributed by atoms with Crippen molar-refractivity contribution in [3.05, 3.63) is 28.5 Å². The van der Waals surface area contributed by atoms with Gasteiger partial charge in [-0.25, -0.2) is 0 Å². The molecule has 1 aromatic rings. The van der Waals surface area contributed by atoms with Gasteiger partial charge in [0.25, 0.3) is 0 Å². The largest absolute Gasteiger partial charge is 0.376 e. The summed E-state index contributed by atoms with van der Waals surface area (Å²) in [5.41, 5.74) is 0. The average molecular weight is 296 g/mol. The fraction of sp³-hybridized carbons (Fsp3) is 0.385. The lowest BCUT2D eigenvalue weighted by Gasteiger charge is -2.12. The molecular formula is C13H16N2O2S2. The Bertz CT molecular complexity index is 451. The molecule has 19 heavy (non-hydrogen) atoms. The molecule has 0 aliphatic carbocycles. The summed E-state index contributed by atoms with van der Waals surface area (Å²) in [6.07, 6.45) is 5.59. The van der Waals surface area contributed by atoms with E-state index in [1.165, 1.54) is 6.08 Å². The lowest BCUT2D eigenvalue weighted by Crippen LogP contribution is -2.41. The second-order valence-corrected chi connectivity index (χ2v) is 5.57. The fourth-order valence-electron chi connectivity index (χ4n) is 1.75. The van der Waals surface area contributed by atoms with Crippen LogP contribution < -0.4 is 10.6 Å². The average Bonchev–Trinajstić information content (AvgIpc) is 3.07. The number of thiocarbonyl (C=S) groups is 1. The van der Waals surface area contributed by atoms with Crippen LogP contribution in [0.25, 0.3) is 6.08 Å². The molecule has 102 valence electrons. The molecule has 1 aliphatic rings. The predicted octanol–water partition coefficient (Wildman–Crippen LogP) is 1.93. The predicted molar refractivity (Wildman–Crippen MR) is 81.1 cm³/mol. The maximum atomic E-state index is 11.6. The molecule has 6 heteroatoms.